The highest BCUT2D eigenvalue weighted by atomic mass is 35.5. The first-order chi connectivity index (χ1) is 16.9. The molecule has 3 heterocycles. The van der Waals surface area contributed by atoms with Gasteiger partial charge in [0.15, 0.2) is 17.0 Å². The molecule has 4 aromatic rings. The maximum absolute atomic E-state index is 9.56. The predicted octanol–water partition coefficient (Wildman–Crippen LogP) is 5.79. The van der Waals surface area contributed by atoms with E-state index in [0.29, 0.717) is 33.0 Å². The number of imidazole rings is 1. The van der Waals surface area contributed by atoms with Crippen LogP contribution in [0.1, 0.15) is 26.7 Å². The Morgan fingerprint density at radius 2 is 1.74 bits per heavy atom. The first-order valence-electron chi connectivity index (χ1n) is 11.8. The molecule has 0 bridgehead atoms. The topological polar surface area (TPSA) is 76.3 Å². The normalized spacial score (nSPS) is 15.5. The standard InChI is InChI=1S/C26H27Cl2N5O2/c1-16-11-13-32(14-12-16)24-22-25(31-26(30-24)35-17(2)15-34)33(19-9-7-18(27)8-10-19)23(29-22)20-5-3-4-6-21(20)28/h3-10,16-17,34H,11-15H2,1-2H3/t17-/m1/s1. The lowest BCUT2D eigenvalue weighted by molar-refractivity contribution is 0.120. The van der Waals surface area contributed by atoms with Crippen LogP contribution in [0.4, 0.5) is 5.82 Å². The average Bonchev–Trinajstić information content (AvgIpc) is 3.24. The molecule has 1 fully saturated rings. The van der Waals surface area contributed by atoms with Crippen molar-refractivity contribution in [2.75, 3.05) is 24.6 Å². The lowest BCUT2D eigenvalue weighted by atomic mass is 9.99. The van der Waals surface area contributed by atoms with Crippen molar-refractivity contribution < 1.29 is 9.84 Å². The van der Waals surface area contributed by atoms with E-state index in [0.717, 1.165) is 43.0 Å². The number of hydrogen-bond donors (Lipinski definition) is 1. The molecule has 1 saturated heterocycles. The fraction of sp³-hybridized carbons (Fsp3) is 0.346. The van der Waals surface area contributed by atoms with Gasteiger partial charge < -0.3 is 14.7 Å². The van der Waals surface area contributed by atoms with Crippen molar-refractivity contribution in [2.24, 2.45) is 5.92 Å². The number of benzene rings is 2. The van der Waals surface area contributed by atoms with Gasteiger partial charge in [0.05, 0.1) is 11.6 Å². The fourth-order valence-corrected chi connectivity index (χ4v) is 4.64. The maximum Gasteiger partial charge on any atom is 0.320 e. The summed E-state index contributed by atoms with van der Waals surface area (Å²) in [6.45, 7) is 5.66. The van der Waals surface area contributed by atoms with Crippen molar-refractivity contribution in [3.63, 3.8) is 0 Å². The molecular formula is C26H27Cl2N5O2. The quantitative estimate of drug-likeness (QED) is 0.353. The number of rotatable bonds is 6. The number of fused-ring (bicyclic) bond motifs is 1. The summed E-state index contributed by atoms with van der Waals surface area (Å²) in [7, 11) is 0. The van der Waals surface area contributed by atoms with Gasteiger partial charge in [-0.3, -0.25) is 4.57 Å². The first-order valence-corrected chi connectivity index (χ1v) is 12.5. The molecule has 1 N–H and O–H groups in total. The minimum absolute atomic E-state index is 0.140. The Kier molecular flexibility index (Phi) is 6.82. The molecule has 2 aromatic carbocycles. The lowest BCUT2D eigenvalue weighted by Crippen LogP contribution is -2.33. The van der Waals surface area contributed by atoms with E-state index in [9.17, 15) is 5.11 Å². The van der Waals surface area contributed by atoms with E-state index >= 15 is 0 Å². The molecular weight excluding hydrogens is 485 g/mol. The number of aliphatic hydroxyl groups excluding tert-OH is 1. The minimum atomic E-state index is -0.448. The second kappa shape index (κ2) is 10.0. The van der Waals surface area contributed by atoms with E-state index < -0.39 is 6.10 Å². The molecule has 0 spiro atoms. The van der Waals surface area contributed by atoms with Crippen LogP contribution in [-0.2, 0) is 0 Å². The minimum Gasteiger partial charge on any atom is -0.458 e. The van der Waals surface area contributed by atoms with E-state index in [1.807, 2.05) is 53.1 Å². The fourth-order valence-electron chi connectivity index (χ4n) is 4.29. The second-order valence-electron chi connectivity index (χ2n) is 9.01. The van der Waals surface area contributed by atoms with E-state index in [-0.39, 0.29) is 12.6 Å². The predicted molar refractivity (Wildman–Crippen MR) is 140 cm³/mol. The number of aliphatic hydroxyl groups is 1. The molecule has 0 aliphatic carbocycles. The Hall–Kier alpha value is -2.87. The number of aromatic nitrogens is 4. The van der Waals surface area contributed by atoms with Gasteiger partial charge in [-0.05, 0) is 62.1 Å². The van der Waals surface area contributed by atoms with Crippen LogP contribution in [0, 0.1) is 5.92 Å². The summed E-state index contributed by atoms with van der Waals surface area (Å²) in [5, 5.41) is 10.8. The lowest BCUT2D eigenvalue weighted by Gasteiger charge is -2.31. The highest BCUT2D eigenvalue weighted by molar-refractivity contribution is 6.33. The van der Waals surface area contributed by atoms with E-state index in [1.165, 1.54) is 0 Å². The Balaban J connectivity index is 1.79. The number of hydrogen-bond acceptors (Lipinski definition) is 6. The molecule has 0 unspecified atom stereocenters. The number of nitrogens with zero attached hydrogens (tertiary/aromatic N) is 5. The monoisotopic (exact) mass is 511 g/mol. The highest BCUT2D eigenvalue weighted by Crippen LogP contribution is 2.37. The van der Waals surface area contributed by atoms with Crippen LogP contribution in [0.2, 0.25) is 10.0 Å². The van der Waals surface area contributed by atoms with Crippen LogP contribution < -0.4 is 9.64 Å². The highest BCUT2D eigenvalue weighted by Gasteiger charge is 2.27. The summed E-state index contributed by atoms with van der Waals surface area (Å²) >= 11 is 12.8. The Morgan fingerprint density at radius 1 is 1.03 bits per heavy atom. The molecule has 7 nitrogen and oxygen atoms in total. The molecule has 2 aromatic heterocycles. The summed E-state index contributed by atoms with van der Waals surface area (Å²) in [4.78, 5) is 16.8. The second-order valence-corrected chi connectivity index (χ2v) is 9.85. The Bertz CT molecular complexity index is 1330. The van der Waals surface area contributed by atoms with Crippen molar-refractivity contribution in [1.82, 2.24) is 19.5 Å². The molecule has 1 aliphatic heterocycles. The van der Waals surface area contributed by atoms with Gasteiger partial charge in [-0.15, -0.1) is 0 Å². The molecule has 1 aliphatic rings. The number of anilines is 1. The first kappa shape index (κ1) is 23.9. The van der Waals surface area contributed by atoms with E-state index in [4.69, 9.17) is 42.9 Å². The van der Waals surface area contributed by atoms with Crippen molar-refractivity contribution in [2.45, 2.75) is 32.8 Å². The number of piperidine rings is 1. The molecule has 1 atom stereocenters. The zero-order valence-corrected chi connectivity index (χ0v) is 21.2. The largest absolute Gasteiger partial charge is 0.458 e. The van der Waals surface area contributed by atoms with Crippen LogP contribution in [0.5, 0.6) is 6.01 Å². The molecule has 0 radical (unpaired) electrons. The van der Waals surface area contributed by atoms with Crippen LogP contribution in [-0.4, -0.2) is 50.4 Å². The third-order valence-corrected chi connectivity index (χ3v) is 6.90. The van der Waals surface area contributed by atoms with Gasteiger partial charge in [-0.2, -0.15) is 9.97 Å². The molecule has 35 heavy (non-hydrogen) atoms. The zero-order chi connectivity index (χ0) is 24.5. The van der Waals surface area contributed by atoms with Gasteiger partial charge in [0.2, 0.25) is 0 Å². The Morgan fingerprint density at radius 3 is 2.43 bits per heavy atom. The van der Waals surface area contributed by atoms with Crippen molar-refractivity contribution in [3.8, 4) is 23.1 Å². The summed E-state index contributed by atoms with van der Waals surface area (Å²) in [5.41, 5.74) is 2.90. The van der Waals surface area contributed by atoms with Gasteiger partial charge in [-0.25, -0.2) is 4.98 Å². The smallest absolute Gasteiger partial charge is 0.320 e. The van der Waals surface area contributed by atoms with Gasteiger partial charge in [0, 0.05) is 29.4 Å². The van der Waals surface area contributed by atoms with Gasteiger partial charge in [0.25, 0.3) is 0 Å². The maximum atomic E-state index is 9.56. The average molecular weight is 512 g/mol. The van der Waals surface area contributed by atoms with Crippen molar-refractivity contribution >= 4 is 40.2 Å². The number of ether oxygens (including phenoxy) is 1. The van der Waals surface area contributed by atoms with Crippen molar-refractivity contribution in [3.05, 3.63) is 58.6 Å². The number of halogens is 2. The summed E-state index contributed by atoms with van der Waals surface area (Å²) in [5.74, 6) is 2.04. The molecule has 9 heteroatoms. The van der Waals surface area contributed by atoms with Gasteiger partial charge in [0.1, 0.15) is 11.9 Å². The van der Waals surface area contributed by atoms with Crippen LogP contribution in [0.3, 0.4) is 0 Å². The molecule has 182 valence electrons. The van der Waals surface area contributed by atoms with Crippen LogP contribution in [0.25, 0.3) is 28.2 Å². The van der Waals surface area contributed by atoms with Crippen LogP contribution in [0.15, 0.2) is 48.5 Å². The SMILES string of the molecule is CC1CCN(c2nc(O[C@H](C)CO)nc3c2nc(-c2ccccc2Cl)n3-c2ccc(Cl)cc2)CC1. The summed E-state index contributed by atoms with van der Waals surface area (Å²) in [6, 6.07) is 15.3. The van der Waals surface area contributed by atoms with Gasteiger partial charge in [-0.1, -0.05) is 42.3 Å². The van der Waals surface area contributed by atoms with Gasteiger partial charge >= 0.3 is 6.01 Å². The zero-order valence-electron chi connectivity index (χ0n) is 19.7. The van der Waals surface area contributed by atoms with Crippen molar-refractivity contribution in [1.29, 1.82) is 0 Å². The Labute approximate surface area is 214 Å². The van der Waals surface area contributed by atoms with E-state index in [1.54, 1.807) is 6.92 Å². The molecule has 0 amide bonds. The third-order valence-electron chi connectivity index (χ3n) is 6.31. The summed E-state index contributed by atoms with van der Waals surface area (Å²) < 4.78 is 7.85. The molecule has 5 rings (SSSR count). The third kappa shape index (κ3) is 4.81. The van der Waals surface area contributed by atoms with Crippen LogP contribution >= 0.6 is 23.2 Å². The summed E-state index contributed by atoms with van der Waals surface area (Å²) in [6.07, 6.45) is 1.70. The molecule has 0 saturated carbocycles. The van der Waals surface area contributed by atoms with E-state index in [2.05, 4.69) is 11.8 Å².